The number of rotatable bonds is 6. The minimum Gasteiger partial charge on any atom is -0.493 e. The predicted molar refractivity (Wildman–Crippen MR) is 111 cm³/mol. The van der Waals surface area contributed by atoms with E-state index >= 15 is 0 Å². The number of benzene rings is 2. The van der Waals surface area contributed by atoms with Gasteiger partial charge in [0.05, 0.1) is 24.4 Å². The van der Waals surface area contributed by atoms with Gasteiger partial charge in [-0.3, -0.25) is 4.79 Å². The van der Waals surface area contributed by atoms with Crippen LogP contribution in [0.15, 0.2) is 47.6 Å². The number of hydrogen-bond donors (Lipinski definition) is 1. The smallest absolute Gasteiger partial charge is 0.355 e. The Hall–Kier alpha value is -3.41. The number of carbonyl (C=O) groups excluding carboxylic acids is 2. The summed E-state index contributed by atoms with van der Waals surface area (Å²) in [6.07, 6.45) is 1.10. The summed E-state index contributed by atoms with van der Waals surface area (Å²) in [7, 11) is 1.44. The number of hydrogen-bond acceptors (Lipinski definition) is 7. The van der Waals surface area contributed by atoms with Gasteiger partial charge in [0.2, 0.25) is 0 Å². The summed E-state index contributed by atoms with van der Waals surface area (Å²) in [5.41, 5.74) is 2.82. The Bertz CT molecular complexity index is 1150. The Labute approximate surface area is 175 Å². The number of thiophene rings is 1. The number of halogens is 1. The van der Waals surface area contributed by atoms with Crippen LogP contribution < -0.4 is 14.9 Å². The molecule has 1 aromatic heterocycles. The monoisotopic (exact) mass is 427 g/mol. The van der Waals surface area contributed by atoms with Crippen LogP contribution in [0.1, 0.15) is 21.7 Å². The molecular formula is C20H14ClN3O4S. The molecule has 0 saturated heterocycles. The molecule has 9 heteroatoms. The largest absolute Gasteiger partial charge is 0.493 e. The molecule has 29 heavy (non-hydrogen) atoms. The van der Waals surface area contributed by atoms with E-state index in [1.807, 2.05) is 24.3 Å². The minimum atomic E-state index is -0.584. The number of hydrazone groups is 1. The first-order valence-electron chi connectivity index (χ1n) is 8.29. The summed E-state index contributed by atoms with van der Waals surface area (Å²) in [6.45, 7) is 0. The van der Waals surface area contributed by atoms with Crippen molar-refractivity contribution in [3.63, 3.8) is 0 Å². The van der Waals surface area contributed by atoms with Gasteiger partial charge in [-0.2, -0.15) is 10.4 Å². The Morgan fingerprint density at radius 2 is 2.07 bits per heavy atom. The van der Waals surface area contributed by atoms with Gasteiger partial charge < -0.3 is 9.47 Å². The molecule has 0 aliphatic rings. The summed E-state index contributed by atoms with van der Waals surface area (Å²) < 4.78 is 11.6. The number of ether oxygens (including phenoxy) is 2. The van der Waals surface area contributed by atoms with Crippen LogP contribution in [0.2, 0.25) is 5.02 Å². The predicted octanol–water partition coefficient (Wildman–Crippen LogP) is 4.15. The molecule has 2 aromatic carbocycles. The van der Waals surface area contributed by atoms with Gasteiger partial charge in [-0.05, 0) is 29.8 Å². The Morgan fingerprint density at radius 1 is 1.28 bits per heavy atom. The fraction of sp³-hybridized carbons (Fsp3) is 0.100. The van der Waals surface area contributed by atoms with Gasteiger partial charge in [0.15, 0.2) is 11.5 Å². The Balaban J connectivity index is 1.77. The van der Waals surface area contributed by atoms with Crippen molar-refractivity contribution < 1.29 is 19.1 Å². The SMILES string of the molecule is COc1cc(/C=N\NC(=O)CC#N)ccc1OC(=O)c1sc2ccccc2c1Cl. The van der Waals surface area contributed by atoms with Gasteiger partial charge in [-0.15, -0.1) is 11.3 Å². The van der Waals surface area contributed by atoms with E-state index in [1.165, 1.54) is 24.7 Å². The number of nitriles is 1. The molecular weight excluding hydrogens is 414 g/mol. The van der Waals surface area contributed by atoms with E-state index < -0.39 is 11.9 Å². The molecule has 3 aromatic rings. The lowest BCUT2D eigenvalue weighted by molar-refractivity contribution is -0.120. The zero-order valence-electron chi connectivity index (χ0n) is 15.1. The van der Waals surface area contributed by atoms with Crippen molar-refractivity contribution in [2.45, 2.75) is 6.42 Å². The van der Waals surface area contributed by atoms with Crippen molar-refractivity contribution >= 4 is 51.1 Å². The Morgan fingerprint density at radius 3 is 2.79 bits per heavy atom. The van der Waals surface area contributed by atoms with E-state index in [1.54, 1.807) is 24.3 Å². The van der Waals surface area contributed by atoms with Gasteiger partial charge in [0.1, 0.15) is 11.3 Å². The van der Waals surface area contributed by atoms with Crippen LogP contribution in [0.3, 0.4) is 0 Å². The van der Waals surface area contributed by atoms with Crippen LogP contribution in [0.4, 0.5) is 0 Å². The average Bonchev–Trinajstić information content (AvgIpc) is 3.06. The molecule has 1 heterocycles. The van der Waals surface area contributed by atoms with Crippen LogP contribution in [0, 0.1) is 11.3 Å². The van der Waals surface area contributed by atoms with Crippen molar-refractivity contribution in [3.05, 3.63) is 57.9 Å². The third kappa shape index (κ3) is 4.71. The highest BCUT2D eigenvalue weighted by Crippen LogP contribution is 2.36. The van der Waals surface area contributed by atoms with Crippen LogP contribution >= 0.6 is 22.9 Å². The fourth-order valence-corrected chi connectivity index (χ4v) is 3.82. The van der Waals surface area contributed by atoms with E-state index in [9.17, 15) is 9.59 Å². The highest BCUT2D eigenvalue weighted by Gasteiger charge is 2.20. The normalized spacial score (nSPS) is 10.7. The number of methoxy groups -OCH3 is 1. The van der Waals surface area contributed by atoms with Crippen LogP contribution in [-0.4, -0.2) is 25.2 Å². The van der Waals surface area contributed by atoms with E-state index in [2.05, 4.69) is 10.5 Å². The zero-order valence-corrected chi connectivity index (χ0v) is 16.7. The lowest BCUT2D eigenvalue weighted by atomic mass is 10.2. The summed E-state index contributed by atoms with van der Waals surface area (Å²) in [4.78, 5) is 24.1. The lowest BCUT2D eigenvalue weighted by Gasteiger charge is -2.09. The molecule has 0 spiro atoms. The number of nitrogens with zero attached hydrogens (tertiary/aromatic N) is 2. The van der Waals surface area contributed by atoms with E-state index in [-0.39, 0.29) is 12.2 Å². The number of carbonyl (C=O) groups is 2. The van der Waals surface area contributed by atoms with E-state index in [0.717, 1.165) is 10.1 Å². The molecule has 1 N–H and O–H groups in total. The first-order chi connectivity index (χ1) is 14.0. The van der Waals surface area contributed by atoms with E-state index in [0.29, 0.717) is 21.2 Å². The second-order valence-corrected chi connectivity index (χ2v) is 7.10. The molecule has 0 aliphatic heterocycles. The number of amides is 1. The molecule has 146 valence electrons. The maximum Gasteiger partial charge on any atom is 0.355 e. The molecule has 0 bridgehead atoms. The van der Waals surface area contributed by atoms with Crippen molar-refractivity contribution in [3.8, 4) is 17.6 Å². The van der Waals surface area contributed by atoms with Crippen molar-refractivity contribution in [2.75, 3.05) is 7.11 Å². The van der Waals surface area contributed by atoms with Gasteiger partial charge in [-0.25, -0.2) is 10.2 Å². The molecule has 3 rings (SSSR count). The summed E-state index contributed by atoms with van der Waals surface area (Å²) >= 11 is 7.58. The van der Waals surface area contributed by atoms with Gasteiger partial charge >= 0.3 is 5.97 Å². The molecule has 0 aliphatic carbocycles. The first-order valence-corrected chi connectivity index (χ1v) is 9.49. The quantitative estimate of drug-likeness (QED) is 0.275. The first kappa shape index (κ1) is 20.3. The fourth-order valence-electron chi connectivity index (χ4n) is 2.43. The lowest BCUT2D eigenvalue weighted by Crippen LogP contribution is -2.16. The van der Waals surface area contributed by atoms with Crippen LogP contribution in [-0.2, 0) is 4.79 Å². The van der Waals surface area contributed by atoms with Crippen molar-refractivity contribution in [1.29, 1.82) is 5.26 Å². The van der Waals surface area contributed by atoms with Gasteiger partial charge in [0, 0.05) is 10.1 Å². The summed E-state index contributed by atoms with van der Waals surface area (Å²) in [5, 5.41) is 13.3. The summed E-state index contributed by atoms with van der Waals surface area (Å²) in [5.74, 6) is -0.569. The minimum absolute atomic E-state index is 0.219. The Kier molecular flexibility index (Phi) is 6.44. The molecule has 0 saturated carbocycles. The molecule has 7 nitrogen and oxygen atoms in total. The summed E-state index contributed by atoms with van der Waals surface area (Å²) in [6, 6.07) is 13.9. The molecule has 1 amide bonds. The van der Waals surface area contributed by atoms with Gasteiger partial charge in [-0.1, -0.05) is 29.8 Å². The van der Waals surface area contributed by atoms with Crippen molar-refractivity contribution in [1.82, 2.24) is 5.43 Å². The van der Waals surface area contributed by atoms with Crippen LogP contribution in [0.5, 0.6) is 11.5 Å². The van der Waals surface area contributed by atoms with E-state index in [4.69, 9.17) is 26.3 Å². The molecule has 0 atom stereocenters. The average molecular weight is 428 g/mol. The molecule has 0 fully saturated rings. The second kappa shape index (κ2) is 9.19. The number of fused-ring (bicyclic) bond motifs is 1. The molecule has 0 radical (unpaired) electrons. The zero-order chi connectivity index (χ0) is 20.8. The number of esters is 1. The third-order valence-electron chi connectivity index (χ3n) is 3.75. The van der Waals surface area contributed by atoms with Crippen molar-refractivity contribution in [2.24, 2.45) is 5.10 Å². The topological polar surface area (TPSA) is 101 Å². The molecule has 0 unspecified atom stereocenters. The highest BCUT2D eigenvalue weighted by atomic mass is 35.5. The third-order valence-corrected chi connectivity index (χ3v) is 5.41. The maximum atomic E-state index is 12.6. The standard InChI is InChI=1S/C20H14ClN3O4S/c1-27-15-10-12(11-23-24-17(25)8-9-22)6-7-14(15)28-20(26)19-18(21)13-4-2-3-5-16(13)29-19/h2-7,10-11H,8H2,1H3,(H,24,25)/b23-11-. The van der Waals surface area contributed by atoms with Crippen LogP contribution in [0.25, 0.3) is 10.1 Å². The number of nitrogens with one attached hydrogen (secondary N) is 1. The van der Waals surface area contributed by atoms with Gasteiger partial charge in [0.25, 0.3) is 5.91 Å². The maximum absolute atomic E-state index is 12.6. The second-order valence-electron chi connectivity index (χ2n) is 5.67. The highest BCUT2D eigenvalue weighted by molar-refractivity contribution is 7.21.